The summed E-state index contributed by atoms with van der Waals surface area (Å²) in [6.45, 7) is 6.07. The monoisotopic (exact) mass is 520 g/mol. The van der Waals surface area contributed by atoms with Crippen molar-refractivity contribution in [2.45, 2.75) is 161 Å². The lowest BCUT2D eigenvalue weighted by atomic mass is 9.75. The highest BCUT2D eigenvalue weighted by atomic mass is 16.2. The van der Waals surface area contributed by atoms with E-state index in [1.54, 1.807) is 0 Å². The Hall–Kier alpha value is -1.46. The van der Waals surface area contributed by atoms with Crippen molar-refractivity contribution in [2.24, 2.45) is 11.8 Å². The standard InChI is InChI=1S/C31H60N4O2/c1-3-5-7-9-11-13-23-32-30(36)34-28-19-15-26(16-20-28)25-27-17-21-29(22-18-27)35-31(37)33-24-14-12-10-8-6-4-2/h26-29H,3-25H2,1-2H3,(H2,32,34,36)(H2,33,35,37). The van der Waals surface area contributed by atoms with Crippen molar-refractivity contribution in [2.75, 3.05) is 13.1 Å². The Bertz CT molecular complexity index is 534. The van der Waals surface area contributed by atoms with Crippen molar-refractivity contribution in [3.8, 4) is 0 Å². The van der Waals surface area contributed by atoms with Gasteiger partial charge in [0.05, 0.1) is 0 Å². The van der Waals surface area contributed by atoms with Crippen LogP contribution >= 0.6 is 0 Å². The maximum absolute atomic E-state index is 12.2. The minimum absolute atomic E-state index is 0.0267. The molecule has 216 valence electrons. The van der Waals surface area contributed by atoms with Crippen molar-refractivity contribution < 1.29 is 9.59 Å². The summed E-state index contributed by atoms with van der Waals surface area (Å²) in [5.41, 5.74) is 0. The first kappa shape index (κ1) is 31.8. The van der Waals surface area contributed by atoms with Gasteiger partial charge in [0, 0.05) is 25.2 Å². The number of amides is 4. The van der Waals surface area contributed by atoms with E-state index < -0.39 is 0 Å². The Morgan fingerprint density at radius 1 is 0.514 bits per heavy atom. The van der Waals surface area contributed by atoms with Crippen LogP contribution in [0.3, 0.4) is 0 Å². The highest BCUT2D eigenvalue weighted by Gasteiger charge is 2.28. The van der Waals surface area contributed by atoms with Crippen LogP contribution in [0.1, 0.15) is 149 Å². The van der Waals surface area contributed by atoms with Gasteiger partial charge in [-0.2, -0.15) is 0 Å². The Balaban J connectivity index is 1.46. The lowest BCUT2D eigenvalue weighted by molar-refractivity contribution is 0.198. The van der Waals surface area contributed by atoms with Gasteiger partial charge in [-0.15, -0.1) is 0 Å². The van der Waals surface area contributed by atoms with Crippen LogP contribution in [0, 0.1) is 11.8 Å². The molecule has 2 aliphatic carbocycles. The molecule has 0 heterocycles. The molecule has 2 fully saturated rings. The first-order valence-electron chi connectivity index (χ1n) is 16.2. The van der Waals surface area contributed by atoms with Crippen LogP contribution in [0.2, 0.25) is 0 Å². The van der Waals surface area contributed by atoms with E-state index in [1.807, 2.05) is 0 Å². The lowest BCUT2D eigenvalue weighted by Gasteiger charge is -2.34. The second-order valence-electron chi connectivity index (χ2n) is 12.0. The van der Waals surface area contributed by atoms with Gasteiger partial charge in [0.25, 0.3) is 0 Å². The van der Waals surface area contributed by atoms with Crippen molar-refractivity contribution in [1.82, 2.24) is 21.3 Å². The van der Waals surface area contributed by atoms with E-state index in [2.05, 4.69) is 35.1 Å². The summed E-state index contributed by atoms with van der Waals surface area (Å²) in [5.74, 6) is 1.61. The lowest BCUT2D eigenvalue weighted by Crippen LogP contribution is -2.44. The molecule has 37 heavy (non-hydrogen) atoms. The average Bonchev–Trinajstić information content (AvgIpc) is 2.90. The molecule has 0 saturated heterocycles. The first-order valence-corrected chi connectivity index (χ1v) is 16.2. The normalized spacial score (nSPS) is 23.8. The second-order valence-corrected chi connectivity index (χ2v) is 12.0. The van der Waals surface area contributed by atoms with Crippen molar-refractivity contribution in [3.05, 3.63) is 0 Å². The summed E-state index contributed by atoms with van der Waals surface area (Å²) in [4.78, 5) is 24.4. The molecule has 0 spiro atoms. The zero-order valence-corrected chi connectivity index (χ0v) is 24.4. The van der Waals surface area contributed by atoms with Crippen molar-refractivity contribution in [3.63, 3.8) is 0 Å². The molecule has 0 bridgehead atoms. The molecule has 4 amide bonds. The average molecular weight is 521 g/mol. The van der Waals surface area contributed by atoms with Gasteiger partial charge in [-0.1, -0.05) is 78.1 Å². The summed E-state index contributed by atoms with van der Waals surface area (Å²) in [5, 5.41) is 12.5. The van der Waals surface area contributed by atoms with Crippen LogP contribution in [-0.2, 0) is 0 Å². The Morgan fingerprint density at radius 3 is 1.24 bits per heavy atom. The molecule has 0 aliphatic heterocycles. The van der Waals surface area contributed by atoms with Crippen LogP contribution in [0.25, 0.3) is 0 Å². The summed E-state index contributed by atoms with van der Waals surface area (Å²) in [6.07, 6.45) is 25.8. The van der Waals surface area contributed by atoms with E-state index in [0.717, 1.165) is 63.5 Å². The molecule has 2 rings (SSSR count). The van der Waals surface area contributed by atoms with Gasteiger partial charge in [0.1, 0.15) is 0 Å². The summed E-state index contributed by atoms with van der Waals surface area (Å²) in [6, 6.07) is 0.740. The van der Waals surface area contributed by atoms with E-state index in [1.165, 1.54) is 96.3 Å². The number of hydrogen-bond acceptors (Lipinski definition) is 2. The molecule has 2 saturated carbocycles. The Morgan fingerprint density at radius 2 is 0.865 bits per heavy atom. The van der Waals surface area contributed by atoms with Gasteiger partial charge in [0.15, 0.2) is 0 Å². The summed E-state index contributed by atoms with van der Waals surface area (Å²) in [7, 11) is 0. The van der Waals surface area contributed by atoms with E-state index in [0.29, 0.717) is 12.1 Å². The molecular formula is C31H60N4O2. The highest BCUT2D eigenvalue weighted by molar-refractivity contribution is 5.74. The minimum atomic E-state index is 0.0267. The van der Waals surface area contributed by atoms with Gasteiger partial charge < -0.3 is 21.3 Å². The molecule has 6 heteroatoms. The zero-order chi connectivity index (χ0) is 26.6. The van der Waals surface area contributed by atoms with Crippen molar-refractivity contribution >= 4 is 12.1 Å². The highest BCUT2D eigenvalue weighted by Crippen LogP contribution is 2.35. The fourth-order valence-electron chi connectivity index (χ4n) is 6.24. The van der Waals surface area contributed by atoms with Gasteiger partial charge in [-0.25, -0.2) is 9.59 Å². The van der Waals surface area contributed by atoms with Crippen LogP contribution in [0.4, 0.5) is 9.59 Å². The minimum Gasteiger partial charge on any atom is -0.338 e. The summed E-state index contributed by atoms with van der Waals surface area (Å²) >= 11 is 0. The molecule has 2 aliphatic rings. The van der Waals surface area contributed by atoms with Crippen LogP contribution in [-0.4, -0.2) is 37.2 Å². The maximum Gasteiger partial charge on any atom is 0.315 e. The predicted octanol–water partition coefficient (Wildman–Crippen LogP) is 7.81. The van der Waals surface area contributed by atoms with Gasteiger partial charge in [0.2, 0.25) is 0 Å². The van der Waals surface area contributed by atoms with Gasteiger partial charge in [-0.05, 0) is 82.5 Å². The predicted molar refractivity (Wildman–Crippen MR) is 156 cm³/mol. The van der Waals surface area contributed by atoms with Gasteiger partial charge >= 0.3 is 12.1 Å². The zero-order valence-electron chi connectivity index (χ0n) is 24.4. The molecular weight excluding hydrogens is 460 g/mol. The third-order valence-corrected chi connectivity index (χ3v) is 8.66. The second kappa shape index (κ2) is 20.5. The van der Waals surface area contributed by atoms with Crippen LogP contribution < -0.4 is 21.3 Å². The molecule has 0 radical (unpaired) electrons. The topological polar surface area (TPSA) is 82.3 Å². The molecule has 0 atom stereocenters. The van der Waals surface area contributed by atoms with Crippen LogP contribution in [0.5, 0.6) is 0 Å². The summed E-state index contributed by atoms with van der Waals surface area (Å²) < 4.78 is 0. The van der Waals surface area contributed by atoms with Crippen LogP contribution in [0.15, 0.2) is 0 Å². The molecule has 0 aromatic heterocycles. The fraction of sp³-hybridized carbons (Fsp3) is 0.935. The molecule has 0 aromatic carbocycles. The van der Waals surface area contributed by atoms with E-state index in [-0.39, 0.29) is 12.1 Å². The largest absolute Gasteiger partial charge is 0.338 e. The molecule has 0 aromatic rings. The van der Waals surface area contributed by atoms with E-state index in [4.69, 9.17) is 0 Å². The SMILES string of the molecule is CCCCCCCCNC(=O)NC1CCC(CC2CCC(NC(=O)NCCCCCCCC)CC2)CC1. The van der Waals surface area contributed by atoms with E-state index >= 15 is 0 Å². The third-order valence-electron chi connectivity index (χ3n) is 8.66. The van der Waals surface area contributed by atoms with Crippen molar-refractivity contribution in [1.29, 1.82) is 0 Å². The van der Waals surface area contributed by atoms with Gasteiger partial charge in [-0.3, -0.25) is 0 Å². The Labute approximate surface area is 228 Å². The fourth-order valence-corrected chi connectivity index (χ4v) is 6.24. The number of carbonyl (C=O) groups is 2. The first-order chi connectivity index (χ1) is 18.1. The number of rotatable bonds is 18. The van der Waals surface area contributed by atoms with E-state index in [9.17, 15) is 9.59 Å². The third kappa shape index (κ3) is 15.5. The number of unbranched alkanes of at least 4 members (excludes halogenated alkanes) is 10. The number of hydrogen-bond donors (Lipinski definition) is 4. The number of urea groups is 2. The quantitative estimate of drug-likeness (QED) is 0.139. The number of nitrogens with one attached hydrogen (secondary N) is 4. The maximum atomic E-state index is 12.2. The Kier molecular flexibility index (Phi) is 17.6. The molecule has 4 N–H and O–H groups in total. The molecule has 6 nitrogen and oxygen atoms in total. The molecule has 0 unspecified atom stereocenters. The number of carbonyl (C=O) groups excluding carboxylic acids is 2. The smallest absolute Gasteiger partial charge is 0.315 e.